The summed E-state index contributed by atoms with van der Waals surface area (Å²) in [6, 6.07) is 0.572. The lowest BCUT2D eigenvalue weighted by molar-refractivity contribution is -0.152. The van der Waals surface area contributed by atoms with Crippen molar-refractivity contribution in [1.29, 1.82) is 0 Å². The Kier molecular flexibility index (Phi) is 1.78. The molecule has 0 amide bonds. The van der Waals surface area contributed by atoms with Crippen LogP contribution in [-0.4, -0.2) is 24.8 Å². The third kappa shape index (κ3) is 1.25. The van der Waals surface area contributed by atoms with Crippen molar-refractivity contribution < 1.29 is 4.74 Å². The molecule has 1 atom stereocenters. The highest BCUT2D eigenvalue weighted by molar-refractivity contribution is 4.93. The molecule has 1 rings (SSSR count). The fourth-order valence-electron chi connectivity index (χ4n) is 1.05. The van der Waals surface area contributed by atoms with Gasteiger partial charge in [-0.15, -0.1) is 0 Å². The third-order valence-electron chi connectivity index (χ3n) is 1.91. The molecule has 2 heteroatoms. The monoisotopic (exact) mass is 129 g/mol. The van der Waals surface area contributed by atoms with Gasteiger partial charge in [0.25, 0.3) is 0 Å². The normalized spacial score (nSPS) is 31.7. The molecule has 1 aliphatic heterocycles. The fourth-order valence-corrected chi connectivity index (χ4v) is 1.05. The molecule has 0 radical (unpaired) electrons. The van der Waals surface area contributed by atoms with Crippen molar-refractivity contribution in [3.05, 3.63) is 0 Å². The number of hydrogen-bond donors (Lipinski definition) is 1. The number of ether oxygens (including phenoxy) is 1. The lowest BCUT2D eigenvalue weighted by atomic mass is 9.94. The predicted octanol–water partition coefficient (Wildman–Crippen LogP) is 0.773. The van der Waals surface area contributed by atoms with Crippen LogP contribution < -0.4 is 5.32 Å². The maximum atomic E-state index is 5.32. The maximum absolute atomic E-state index is 5.32. The average molecular weight is 129 g/mol. The van der Waals surface area contributed by atoms with Gasteiger partial charge in [-0.25, -0.2) is 0 Å². The molecule has 0 aromatic rings. The summed E-state index contributed by atoms with van der Waals surface area (Å²) in [4.78, 5) is 0. The smallest absolute Gasteiger partial charge is 0.0802 e. The van der Waals surface area contributed by atoms with Crippen molar-refractivity contribution >= 4 is 0 Å². The molecule has 0 bridgehead atoms. The van der Waals surface area contributed by atoms with Gasteiger partial charge >= 0.3 is 0 Å². The first-order chi connectivity index (χ1) is 4.17. The summed E-state index contributed by atoms with van der Waals surface area (Å²) in [5.41, 5.74) is 0.0794. The minimum absolute atomic E-state index is 0.0794. The maximum Gasteiger partial charge on any atom is 0.0802 e. The van der Waals surface area contributed by atoms with Crippen LogP contribution in [-0.2, 0) is 4.74 Å². The second kappa shape index (κ2) is 2.27. The van der Waals surface area contributed by atoms with Gasteiger partial charge in [-0.1, -0.05) is 6.92 Å². The van der Waals surface area contributed by atoms with Gasteiger partial charge in [-0.05, 0) is 20.4 Å². The van der Waals surface area contributed by atoms with Crippen molar-refractivity contribution in [2.45, 2.75) is 32.4 Å². The van der Waals surface area contributed by atoms with Gasteiger partial charge in [0.1, 0.15) is 0 Å². The average Bonchev–Trinajstić information content (AvgIpc) is 1.81. The van der Waals surface area contributed by atoms with Crippen molar-refractivity contribution in [1.82, 2.24) is 5.32 Å². The van der Waals surface area contributed by atoms with Gasteiger partial charge in [-0.2, -0.15) is 0 Å². The first-order valence-electron chi connectivity index (χ1n) is 3.54. The summed E-state index contributed by atoms with van der Waals surface area (Å²) in [5, 5.41) is 3.35. The lowest BCUT2D eigenvalue weighted by Gasteiger charge is -2.44. The quantitative estimate of drug-likeness (QED) is 0.594. The Bertz CT molecular complexity index is 101. The highest BCUT2D eigenvalue weighted by Crippen LogP contribution is 2.24. The molecule has 1 heterocycles. The van der Waals surface area contributed by atoms with Crippen LogP contribution in [0.1, 0.15) is 20.8 Å². The van der Waals surface area contributed by atoms with E-state index < -0.39 is 0 Å². The molecule has 0 saturated carbocycles. The molecule has 0 spiro atoms. The number of likely N-dealkylation sites (N-methyl/N-ethyl adjacent to an activating group) is 1. The molecule has 0 aliphatic carbocycles. The minimum Gasteiger partial charge on any atom is -0.372 e. The summed E-state index contributed by atoms with van der Waals surface area (Å²) in [6.45, 7) is 8.26. The molecule has 1 fully saturated rings. The van der Waals surface area contributed by atoms with Gasteiger partial charge in [0, 0.05) is 0 Å². The fraction of sp³-hybridized carbons (Fsp3) is 1.00. The Labute approximate surface area is 56.6 Å². The standard InChI is InChI=1S/C7H15NO/c1-4-8-6-5-9-7(6,2)3/h6,8H,4-5H2,1-3H3. The van der Waals surface area contributed by atoms with E-state index in [4.69, 9.17) is 4.74 Å². The topological polar surface area (TPSA) is 21.3 Å². The Morgan fingerprint density at radius 1 is 1.67 bits per heavy atom. The third-order valence-corrected chi connectivity index (χ3v) is 1.91. The van der Waals surface area contributed by atoms with Gasteiger partial charge in [0.05, 0.1) is 18.2 Å². The molecule has 54 valence electrons. The lowest BCUT2D eigenvalue weighted by Crippen LogP contribution is -2.60. The first kappa shape index (κ1) is 7.03. The van der Waals surface area contributed by atoms with E-state index in [1.807, 2.05) is 0 Å². The van der Waals surface area contributed by atoms with E-state index in [1.165, 1.54) is 0 Å². The van der Waals surface area contributed by atoms with E-state index in [2.05, 4.69) is 26.1 Å². The Balaban J connectivity index is 2.28. The predicted molar refractivity (Wildman–Crippen MR) is 37.5 cm³/mol. The summed E-state index contributed by atoms with van der Waals surface area (Å²) in [7, 11) is 0. The van der Waals surface area contributed by atoms with Gasteiger partial charge in [0.2, 0.25) is 0 Å². The van der Waals surface area contributed by atoms with Gasteiger partial charge < -0.3 is 10.1 Å². The van der Waals surface area contributed by atoms with E-state index in [-0.39, 0.29) is 5.60 Å². The second-order valence-electron chi connectivity index (χ2n) is 3.02. The number of hydrogen-bond acceptors (Lipinski definition) is 2. The highest BCUT2D eigenvalue weighted by Gasteiger charge is 2.38. The second-order valence-corrected chi connectivity index (χ2v) is 3.02. The molecule has 1 N–H and O–H groups in total. The summed E-state index contributed by atoms with van der Waals surface area (Å²) >= 11 is 0. The van der Waals surface area contributed by atoms with Crippen LogP contribution in [0.3, 0.4) is 0 Å². The van der Waals surface area contributed by atoms with Gasteiger partial charge in [0.15, 0.2) is 0 Å². The molecule has 0 aromatic carbocycles. The zero-order valence-corrected chi connectivity index (χ0v) is 6.40. The van der Waals surface area contributed by atoms with Crippen LogP contribution in [0.5, 0.6) is 0 Å². The van der Waals surface area contributed by atoms with Crippen molar-refractivity contribution in [2.24, 2.45) is 0 Å². The van der Waals surface area contributed by atoms with Gasteiger partial charge in [-0.3, -0.25) is 0 Å². The Morgan fingerprint density at radius 2 is 2.33 bits per heavy atom. The summed E-state index contributed by atoms with van der Waals surface area (Å²) in [5.74, 6) is 0. The molecule has 0 aromatic heterocycles. The zero-order chi connectivity index (χ0) is 6.91. The van der Waals surface area contributed by atoms with Crippen molar-refractivity contribution in [3.8, 4) is 0 Å². The molecular weight excluding hydrogens is 114 g/mol. The molecular formula is C7H15NO. The molecule has 1 unspecified atom stereocenters. The summed E-state index contributed by atoms with van der Waals surface area (Å²) < 4.78 is 5.32. The number of nitrogens with one attached hydrogen (secondary N) is 1. The van der Waals surface area contributed by atoms with E-state index >= 15 is 0 Å². The van der Waals surface area contributed by atoms with Crippen molar-refractivity contribution in [3.63, 3.8) is 0 Å². The van der Waals surface area contributed by atoms with E-state index in [1.54, 1.807) is 0 Å². The molecule has 2 nitrogen and oxygen atoms in total. The Morgan fingerprint density at radius 3 is 2.44 bits per heavy atom. The molecule has 9 heavy (non-hydrogen) atoms. The summed E-state index contributed by atoms with van der Waals surface area (Å²) in [6.07, 6.45) is 0. The van der Waals surface area contributed by atoms with E-state index in [0.717, 1.165) is 13.2 Å². The van der Waals surface area contributed by atoms with Crippen molar-refractivity contribution in [2.75, 3.05) is 13.2 Å². The molecule has 1 aliphatic rings. The van der Waals surface area contributed by atoms with Crippen LogP contribution in [0.4, 0.5) is 0 Å². The SMILES string of the molecule is CCNC1COC1(C)C. The largest absolute Gasteiger partial charge is 0.372 e. The first-order valence-corrected chi connectivity index (χ1v) is 3.54. The number of rotatable bonds is 2. The molecule has 1 saturated heterocycles. The minimum atomic E-state index is 0.0794. The highest BCUT2D eigenvalue weighted by atomic mass is 16.5. The Hall–Kier alpha value is -0.0800. The van der Waals surface area contributed by atoms with Crippen LogP contribution in [0.2, 0.25) is 0 Å². The van der Waals surface area contributed by atoms with Crippen LogP contribution >= 0.6 is 0 Å². The van der Waals surface area contributed by atoms with Crippen LogP contribution in [0.15, 0.2) is 0 Å². The van der Waals surface area contributed by atoms with E-state index in [0.29, 0.717) is 6.04 Å². The van der Waals surface area contributed by atoms with Crippen LogP contribution in [0.25, 0.3) is 0 Å². The zero-order valence-electron chi connectivity index (χ0n) is 6.40. The van der Waals surface area contributed by atoms with Crippen LogP contribution in [0, 0.1) is 0 Å². The van der Waals surface area contributed by atoms with E-state index in [9.17, 15) is 0 Å².